The summed E-state index contributed by atoms with van der Waals surface area (Å²) in [6.45, 7) is 5.92. The Labute approximate surface area is 146 Å². The zero-order valence-electron chi connectivity index (χ0n) is 14.8. The lowest BCUT2D eigenvalue weighted by Crippen LogP contribution is -2.26. The number of aromatic amines is 1. The molecule has 0 spiro atoms. The first-order valence-electron chi connectivity index (χ1n) is 8.42. The van der Waals surface area contributed by atoms with E-state index < -0.39 is 5.60 Å². The van der Waals surface area contributed by atoms with Gasteiger partial charge in [0.1, 0.15) is 5.82 Å². The van der Waals surface area contributed by atoms with Crippen LogP contribution in [0.15, 0.2) is 29.1 Å². The van der Waals surface area contributed by atoms with E-state index in [1.165, 1.54) is 0 Å². The first-order valence-corrected chi connectivity index (χ1v) is 8.42. The number of H-pyrrole nitrogens is 1. The Morgan fingerprint density at radius 3 is 2.84 bits per heavy atom. The van der Waals surface area contributed by atoms with Crippen molar-refractivity contribution in [1.29, 1.82) is 0 Å². The zero-order chi connectivity index (χ0) is 18.2. The number of hydrogen-bond acceptors (Lipinski definition) is 4. The number of aryl methyl sites for hydroxylation is 2. The number of benzene rings is 1. The minimum atomic E-state index is -0.735. The van der Waals surface area contributed by atoms with E-state index >= 15 is 0 Å². The third-order valence-corrected chi connectivity index (χ3v) is 4.40. The number of hydrogen-bond donors (Lipinski definition) is 2. The fraction of sp³-hybridized carbons (Fsp3) is 0.421. The number of rotatable bonds is 4. The molecule has 0 bridgehead atoms. The smallest absolute Gasteiger partial charge is 0.256 e. The molecule has 6 heteroatoms. The molecule has 2 N–H and O–H groups in total. The SMILES string of the molecule is Cc1nc2c(c(=O)[nH]1)CN(C(=O)c1cccc(CCC(C)(C)O)c1)C2. The Kier molecular flexibility index (Phi) is 4.47. The number of amides is 1. The first kappa shape index (κ1) is 17.4. The lowest BCUT2D eigenvalue weighted by Gasteiger charge is -2.18. The Balaban J connectivity index is 1.76. The van der Waals surface area contributed by atoms with E-state index in [1.54, 1.807) is 31.7 Å². The van der Waals surface area contributed by atoms with Crippen LogP contribution < -0.4 is 5.56 Å². The summed E-state index contributed by atoms with van der Waals surface area (Å²) in [4.78, 5) is 33.5. The van der Waals surface area contributed by atoms with E-state index in [4.69, 9.17) is 0 Å². The van der Waals surface area contributed by atoms with Crippen molar-refractivity contribution >= 4 is 5.91 Å². The van der Waals surface area contributed by atoms with Gasteiger partial charge in [-0.2, -0.15) is 0 Å². The Morgan fingerprint density at radius 2 is 2.12 bits per heavy atom. The van der Waals surface area contributed by atoms with Gasteiger partial charge in [0.15, 0.2) is 0 Å². The highest BCUT2D eigenvalue weighted by molar-refractivity contribution is 5.94. The summed E-state index contributed by atoms with van der Waals surface area (Å²) < 4.78 is 0. The Bertz CT molecular complexity index is 865. The second-order valence-electron chi connectivity index (χ2n) is 7.25. The number of nitrogens with one attached hydrogen (secondary N) is 1. The summed E-state index contributed by atoms with van der Waals surface area (Å²) in [6.07, 6.45) is 1.32. The molecule has 1 aromatic heterocycles. The number of aliphatic hydroxyl groups is 1. The number of carbonyl (C=O) groups is 1. The molecule has 0 unspecified atom stereocenters. The van der Waals surface area contributed by atoms with Crippen LogP contribution in [0.25, 0.3) is 0 Å². The van der Waals surface area contributed by atoms with Gasteiger partial charge in [0.2, 0.25) is 0 Å². The van der Waals surface area contributed by atoms with Gasteiger partial charge in [0, 0.05) is 5.56 Å². The van der Waals surface area contributed by atoms with Crippen LogP contribution in [0.1, 0.15) is 53.3 Å². The molecule has 1 aliphatic heterocycles. The van der Waals surface area contributed by atoms with Gasteiger partial charge in [0.05, 0.1) is 29.9 Å². The molecule has 6 nitrogen and oxygen atoms in total. The van der Waals surface area contributed by atoms with E-state index in [0.717, 1.165) is 5.56 Å². The maximum atomic E-state index is 12.8. The van der Waals surface area contributed by atoms with Crippen LogP contribution in [0.4, 0.5) is 0 Å². The van der Waals surface area contributed by atoms with Crippen molar-refractivity contribution in [3.05, 3.63) is 62.8 Å². The average Bonchev–Trinajstić information content (AvgIpc) is 2.96. The summed E-state index contributed by atoms with van der Waals surface area (Å²) >= 11 is 0. The van der Waals surface area contributed by atoms with Crippen molar-refractivity contribution in [1.82, 2.24) is 14.9 Å². The van der Waals surface area contributed by atoms with Gasteiger partial charge < -0.3 is 15.0 Å². The molecule has 2 heterocycles. The number of nitrogens with zero attached hydrogens (tertiary/aromatic N) is 2. The quantitative estimate of drug-likeness (QED) is 0.890. The van der Waals surface area contributed by atoms with Gasteiger partial charge in [-0.15, -0.1) is 0 Å². The molecule has 0 saturated heterocycles. The van der Waals surface area contributed by atoms with E-state index in [2.05, 4.69) is 9.97 Å². The fourth-order valence-corrected chi connectivity index (χ4v) is 3.03. The summed E-state index contributed by atoms with van der Waals surface area (Å²) in [5, 5.41) is 9.86. The molecule has 0 aliphatic carbocycles. The first-order chi connectivity index (χ1) is 11.7. The summed E-state index contributed by atoms with van der Waals surface area (Å²) in [5.41, 5.74) is 1.94. The predicted octanol–water partition coefficient (Wildman–Crippen LogP) is 1.94. The fourth-order valence-electron chi connectivity index (χ4n) is 3.03. The molecule has 25 heavy (non-hydrogen) atoms. The molecule has 132 valence electrons. The molecule has 0 saturated carbocycles. The monoisotopic (exact) mass is 341 g/mol. The van der Waals surface area contributed by atoms with Crippen LogP contribution in [-0.4, -0.2) is 31.5 Å². The van der Waals surface area contributed by atoms with Gasteiger partial charge in [-0.1, -0.05) is 12.1 Å². The van der Waals surface area contributed by atoms with E-state index in [0.29, 0.717) is 42.0 Å². The molecule has 1 amide bonds. The standard InChI is InChI=1S/C19H23N3O3/c1-12-20-16-11-22(10-15(16)17(23)21-12)18(24)14-6-4-5-13(9-14)7-8-19(2,3)25/h4-6,9,25H,7-8,10-11H2,1-3H3,(H,20,21,23). The molecular weight excluding hydrogens is 318 g/mol. The second-order valence-corrected chi connectivity index (χ2v) is 7.25. The van der Waals surface area contributed by atoms with Crippen molar-refractivity contribution in [2.24, 2.45) is 0 Å². The lowest BCUT2D eigenvalue weighted by atomic mass is 9.98. The van der Waals surface area contributed by atoms with E-state index in [-0.39, 0.29) is 18.0 Å². The highest BCUT2D eigenvalue weighted by Crippen LogP contribution is 2.21. The van der Waals surface area contributed by atoms with Crippen molar-refractivity contribution in [2.75, 3.05) is 0 Å². The summed E-state index contributed by atoms with van der Waals surface area (Å²) in [5.74, 6) is 0.451. The molecule has 0 radical (unpaired) electrons. The van der Waals surface area contributed by atoms with Gasteiger partial charge >= 0.3 is 0 Å². The number of aromatic nitrogens is 2. The number of carbonyl (C=O) groups excluding carboxylic acids is 1. The largest absolute Gasteiger partial charge is 0.390 e. The van der Waals surface area contributed by atoms with Gasteiger partial charge in [-0.25, -0.2) is 4.98 Å². The molecule has 3 rings (SSSR count). The second kappa shape index (κ2) is 6.44. The number of fused-ring (bicyclic) bond motifs is 1. The third-order valence-electron chi connectivity index (χ3n) is 4.40. The molecule has 0 fully saturated rings. The van der Waals surface area contributed by atoms with Crippen LogP contribution >= 0.6 is 0 Å². The minimum absolute atomic E-state index is 0.111. The molecular formula is C19H23N3O3. The van der Waals surface area contributed by atoms with Crippen LogP contribution in [0.5, 0.6) is 0 Å². The Morgan fingerprint density at radius 1 is 1.36 bits per heavy atom. The van der Waals surface area contributed by atoms with Gasteiger partial charge in [0.25, 0.3) is 11.5 Å². The summed E-state index contributed by atoms with van der Waals surface area (Å²) in [6, 6.07) is 7.45. The highest BCUT2D eigenvalue weighted by Gasteiger charge is 2.28. The third kappa shape index (κ3) is 3.96. The predicted molar refractivity (Wildman–Crippen MR) is 94.2 cm³/mol. The molecule has 1 aromatic carbocycles. The van der Waals surface area contributed by atoms with Crippen molar-refractivity contribution < 1.29 is 9.90 Å². The average molecular weight is 341 g/mol. The van der Waals surface area contributed by atoms with Crippen molar-refractivity contribution in [2.45, 2.75) is 52.3 Å². The van der Waals surface area contributed by atoms with Crippen LogP contribution in [0, 0.1) is 6.92 Å². The maximum absolute atomic E-state index is 12.8. The van der Waals surface area contributed by atoms with Crippen molar-refractivity contribution in [3.8, 4) is 0 Å². The molecule has 0 atom stereocenters. The van der Waals surface area contributed by atoms with Gasteiger partial charge in [-0.3, -0.25) is 9.59 Å². The summed E-state index contributed by atoms with van der Waals surface area (Å²) in [7, 11) is 0. The van der Waals surface area contributed by atoms with E-state index in [1.807, 2.05) is 18.2 Å². The van der Waals surface area contributed by atoms with E-state index in [9.17, 15) is 14.7 Å². The van der Waals surface area contributed by atoms with Crippen LogP contribution in [0.2, 0.25) is 0 Å². The van der Waals surface area contributed by atoms with Gasteiger partial charge in [-0.05, 0) is 51.3 Å². The maximum Gasteiger partial charge on any atom is 0.256 e. The minimum Gasteiger partial charge on any atom is -0.390 e. The molecule has 2 aromatic rings. The normalized spacial score (nSPS) is 13.8. The van der Waals surface area contributed by atoms with Crippen LogP contribution in [0.3, 0.4) is 0 Å². The topological polar surface area (TPSA) is 86.3 Å². The Hall–Kier alpha value is -2.47. The zero-order valence-corrected chi connectivity index (χ0v) is 14.8. The molecule has 1 aliphatic rings. The lowest BCUT2D eigenvalue weighted by molar-refractivity contribution is 0.0714. The highest BCUT2D eigenvalue weighted by atomic mass is 16.3. The van der Waals surface area contributed by atoms with Crippen LogP contribution in [-0.2, 0) is 19.5 Å². The van der Waals surface area contributed by atoms with Crippen molar-refractivity contribution in [3.63, 3.8) is 0 Å².